The average Bonchev–Trinajstić information content (AvgIpc) is 3.39. The molecule has 1 heterocycles. The Morgan fingerprint density at radius 3 is 2.36 bits per heavy atom. The van der Waals surface area contributed by atoms with Gasteiger partial charge in [0.05, 0.1) is 11.5 Å². The molecule has 9 heteroatoms. The Balaban J connectivity index is 1.67. The normalized spacial score (nSPS) is 19.7. The van der Waals surface area contributed by atoms with Gasteiger partial charge < -0.3 is 19.9 Å². The number of hydrogen-bond donors (Lipinski definition) is 2. The van der Waals surface area contributed by atoms with Gasteiger partial charge in [-0.2, -0.15) is 0 Å². The second-order valence-corrected chi connectivity index (χ2v) is 12.0. The number of halogens is 1. The Morgan fingerprint density at radius 2 is 1.74 bits per heavy atom. The van der Waals surface area contributed by atoms with E-state index < -0.39 is 11.5 Å². The summed E-state index contributed by atoms with van der Waals surface area (Å²) in [6, 6.07) is 7.36. The standard InChI is InChI=1S/C30H48ClN5O3/c1-5-34(6-2)19-17-32-27(20-23-12-14-24(31)15-13-23)28(38)33-35-18-16-26(21-35)36(25-10-8-7-9-11-25)29(39)30(3,4)22-37/h12-15,22,25-27,32H,5-11,16-21H2,1-4H3,(H,33,38)/t26-,27+/m0/s1. The molecule has 218 valence electrons. The van der Waals surface area contributed by atoms with Crippen LogP contribution in [0.2, 0.25) is 5.02 Å². The minimum Gasteiger partial charge on any atom is -0.334 e. The molecule has 1 saturated carbocycles. The molecule has 0 spiro atoms. The van der Waals surface area contributed by atoms with E-state index in [1.54, 1.807) is 13.8 Å². The van der Waals surface area contributed by atoms with Crippen LogP contribution in [-0.4, -0.2) is 90.3 Å². The van der Waals surface area contributed by atoms with E-state index in [0.717, 1.165) is 63.6 Å². The van der Waals surface area contributed by atoms with Gasteiger partial charge in [0.2, 0.25) is 5.91 Å². The van der Waals surface area contributed by atoms with Crippen molar-refractivity contribution < 1.29 is 14.4 Å². The summed E-state index contributed by atoms with van der Waals surface area (Å²) >= 11 is 6.07. The number of rotatable bonds is 14. The molecular weight excluding hydrogens is 514 g/mol. The summed E-state index contributed by atoms with van der Waals surface area (Å²) in [5.74, 6) is -0.171. The van der Waals surface area contributed by atoms with E-state index in [0.29, 0.717) is 31.1 Å². The molecule has 2 amide bonds. The van der Waals surface area contributed by atoms with Crippen LogP contribution in [0.1, 0.15) is 71.8 Å². The lowest BCUT2D eigenvalue weighted by Crippen LogP contribution is -2.55. The number of carbonyl (C=O) groups is 3. The lowest BCUT2D eigenvalue weighted by Gasteiger charge is -2.41. The number of nitrogens with zero attached hydrogens (tertiary/aromatic N) is 3. The first-order valence-corrected chi connectivity index (χ1v) is 15.1. The molecule has 3 rings (SSSR count). The van der Waals surface area contributed by atoms with E-state index in [1.165, 1.54) is 6.42 Å². The van der Waals surface area contributed by atoms with E-state index in [4.69, 9.17) is 11.6 Å². The molecule has 1 saturated heterocycles. The van der Waals surface area contributed by atoms with Gasteiger partial charge >= 0.3 is 0 Å². The third-order valence-corrected chi connectivity index (χ3v) is 8.51. The Kier molecular flexibility index (Phi) is 12.2. The first-order chi connectivity index (χ1) is 18.7. The van der Waals surface area contributed by atoms with E-state index in [9.17, 15) is 14.4 Å². The number of benzene rings is 1. The van der Waals surface area contributed by atoms with Crippen molar-refractivity contribution in [3.8, 4) is 0 Å². The Bertz CT molecular complexity index is 931. The highest BCUT2D eigenvalue weighted by atomic mass is 35.5. The predicted molar refractivity (Wildman–Crippen MR) is 156 cm³/mol. The molecule has 1 aromatic rings. The van der Waals surface area contributed by atoms with Crippen molar-refractivity contribution in [3.05, 3.63) is 34.9 Å². The fourth-order valence-corrected chi connectivity index (χ4v) is 5.85. The van der Waals surface area contributed by atoms with Crippen molar-refractivity contribution in [1.82, 2.24) is 25.6 Å². The topological polar surface area (TPSA) is 85.0 Å². The summed E-state index contributed by atoms with van der Waals surface area (Å²) in [5, 5.41) is 6.09. The average molecular weight is 562 g/mol. The summed E-state index contributed by atoms with van der Waals surface area (Å²) < 4.78 is 0. The quantitative estimate of drug-likeness (QED) is 0.266. The van der Waals surface area contributed by atoms with E-state index in [-0.39, 0.29) is 23.9 Å². The number of carbonyl (C=O) groups excluding carboxylic acids is 3. The minimum atomic E-state index is -1.05. The van der Waals surface area contributed by atoms with Crippen LogP contribution < -0.4 is 10.7 Å². The molecule has 0 radical (unpaired) electrons. The van der Waals surface area contributed by atoms with Gasteiger partial charge in [-0.3, -0.25) is 15.0 Å². The predicted octanol–water partition coefficient (Wildman–Crippen LogP) is 3.67. The highest BCUT2D eigenvalue weighted by Crippen LogP contribution is 2.31. The fourth-order valence-electron chi connectivity index (χ4n) is 5.73. The second-order valence-electron chi connectivity index (χ2n) is 11.6. The molecule has 1 aliphatic carbocycles. The van der Waals surface area contributed by atoms with Crippen LogP contribution in [-0.2, 0) is 20.8 Å². The lowest BCUT2D eigenvalue weighted by atomic mass is 9.88. The summed E-state index contributed by atoms with van der Waals surface area (Å²) in [4.78, 5) is 43.1. The Labute approximate surface area is 239 Å². The van der Waals surface area contributed by atoms with Gasteiger partial charge in [-0.1, -0.05) is 56.8 Å². The maximum atomic E-state index is 13.5. The minimum absolute atomic E-state index is 0.0227. The number of amides is 2. The Morgan fingerprint density at radius 1 is 1.08 bits per heavy atom. The summed E-state index contributed by atoms with van der Waals surface area (Å²) in [7, 11) is 0. The summed E-state index contributed by atoms with van der Waals surface area (Å²) in [6.07, 6.45) is 7.45. The molecule has 0 aromatic heterocycles. The van der Waals surface area contributed by atoms with Gasteiger partial charge in [0.15, 0.2) is 0 Å². The fraction of sp³-hybridized carbons (Fsp3) is 0.700. The summed E-state index contributed by atoms with van der Waals surface area (Å²) in [6.45, 7) is 12.4. The van der Waals surface area contributed by atoms with Gasteiger partial charge in [0.25, 0.3) is 5.91 Å². The van der Waals surface area contributed by atoms with Crippen LogP contribution in [0.3, 0.4) is 0 Å². The molecule has 2 fully saturated rings. The van der Waals surface area contributed by atoms with Gasteiger partial charge in [-0.25, -0.2) is 5.01 Å². The Hall–Kier alpha value is -2.00. The molecule has 1 aliphatic heterocycles. The highest BCUT2D eigenvalue weighted by Gasteiger charge is 2.42. The van der Waals surface area contributed by atoms with Crippen molar-refractivity contribution >= 4 is 29.7 Å². The highest BCUT2D eigenvalue weighted by molar-refractivity contribution is 6.30. The molecule has 0 unspecified atom stereocenters. The van der Waals surface area contributed by atoms with Gasteiger partial charge in [0.1, 0.15) is 6.29 Å². The van der Waals surface area contributed by atoms with Crippen LogP contribution in [0.5, 0.6) is 0 Å². The van der Waals surface area contributed by atoms with Gasteiger partial charge in [0, 0.05) is 43.3 Å². The molecule has 2 aliphatic rings. The van der Waals surface area contributed by atoms with Crippen LogP contribution >= 0.6 is 11.6 Å². The van der Waals surface area contributed by atoms with Crippen LogP contribution in [0.25, 0.3) is 0 Å². The van der Waals surface area contributed by atoms with Crippen molar-refractivity contribution in [1.29, 1.82) is 0 Å². The molecule has 0 bridgehead atoms. The molecule has 2 atom stereocenters. The summed E-state index contributed by atoms with van der Waals surface area (Å²) in [5.41, 5.74) is 3.13. The SMILES string of the molecule is CCN(CC)CCN[C@H](Cc1ccc(Cl)cc1)C(=O)NN1CC[C@H](N(C(=O)C(C)(C)C=O)C2CCCCC2)C1. The van der Waals surface area contributed by atoms with E-state index in [1.807, 2.05) is 34.2 Å². The zero-order valence-electron chi connectivity index (χ0n) is 24.3. The van der Waals surface area contributed by atoms with Crippen molar-refractivity contribution in [2.24, 2.45) is 5.41 Å². The van der Waals surface area contributed by atoms with Crippen LogP contribution in [0.15, 0.2) is 24.3 Å². The molecule has 8 nitrogen and oxygen atoms in total. The lowest BCUT2D eigenvalue weighted by molar-refractivity contribution is -0.148. The van der Waals surface area contributed by atoms with Crippen molar-refractivity contribution in [2.75, 3.05) is 39.3 Å². The van der Waals surface area contributed by atoms with Crippen LogP contribution in [0, 0.1) is 5.41 Å². The molecule has 39 heavy (non-hydrogen) atoms. The van der Waals surface area contributed by atoms with E-state index >= 15 is 0 Å². The van der Waals surface area contributed by atoms with Crippen molar-refractivity contribution in [3.63, 3.8) is 0 Å². The largest absolute Gasteiger partial charge is 0.334 e. The third-order valence-electron chi connectivity index (χ3n) is 8.26. The number of nitrogens with one attached hydrogen (secondary N) is 2. The van der Waals surface area contributed by atoms with Crippen LogP contribution in [0.4, 0.5) is 0 Å². The van der Waals surface area contributed by atoms with E-state index in [2.05, 4.69) is 29.5 Å². The number of hydrogen-bond acceptors (Lipinski definition) is 6. The van der Waals surface area contributed by atoms with Gasteiger partial charge in [-0.05, 0) is 70.3 Å². The zero-order valence-corrected chi connectivity index (χ0v) is 25.0. The molecular formula is C30H48ClN5O3. The first kappa shape index (κ1) is 31.5. The second kappa shape index (κ2) is 15.1. The maximum Gasteiger partial charge on any atom is 0.251 e. The molecule has 1 aromatic carbocycles. The van der Waals surface area contributed by atoms with Crippen molar-refractivity contribution in [2.45, 2.75) is 90.8 Å². The number of likely N-dealkylation sites (N-methyl/N-ethyl adjacent to an activating group) is 1. The number of hydrazine groups is 1. The first-order valence-electron chi connectivity index (χ1n) is 14.7. The number of aldehydes is 1. The monoisotopic (exact) mass is 561 g/mol. The molecule has 2 N–H and O–H groups in total. The van der Waals surface area contributed by atoms with Gasteiger partial charge in [-0.15, -0.1) is 0 Å². The maximum absolute atomic E-state index is 13.5. The smallest absolute Gasteiger partial charge is 0.251 e. The zero-order chi connectivity index (χ0) is 28.4. The third kappa shape index (κ3) is 9.00.